The van der Waals surface area contributed by atoms with Crippen LogP contribution in [0.2, 0.25) is 0 Å². The van der Waals surface area contributed by atoms with Crippen molar-refractivity contribution >= 4 is 20.0 Å². The zero-order valence-corrected chi connectivity index (χ0v) is 14.6. The highest BCUT2D eigenvalue weighted by Gasteiger charge is 2.42. The van der Waals surface area contributed by atoms with E-state index in [4.69, 9.17) is 5.14 Å². The highest BCUT2D eigenvalue weighted by atomic mass is 32.2. The van der Waals surface area contributed by atoms with Crippen molar-refractivity contribution in [1.82, 2.24) is 4.72 Å². The second-order valence-corrected chi connectivity index (χ2v) is 10.0. The monoisotopic (exact) mass is 358 g/mol. The molecule has 23 heavy (non-hydrogen) atoms. The Morgan fingerprint density at radius 3 is 2.39 bits per heavy atom. The second-order valence-electron chi connectivity index (χ2n) is 6.77. The Bertz CT molecular complexity index is 805. The molecule has 3 rings (SSSR count). The third-order valence-electron chi connectivity index (χ3n) is 5.22. The van der Waals surface area contributed by atoms with E-state index in [0.717, 1.165) is 18.4 Å². The molecular weight excluding hydrogens is 336 g/mol. The van der Waals surface area contributed by atoms with Crippen LogP contribution in [-0.4, -0.2) is 22.9 Å². The van der Waals surface area contributed by atoms with Crippen LogP contribution >= 0.6 is 0 Å². The molecule has 3 N–H and O–H groups in total. The van der Waals surface area contributed by atoms with Gasteiger partial charge in [-0.25, -0.2) is 26.7 Å². The average molecular weight is 358 g/mol. The van der Waals surface area contributed by atoms with Gasteiger partial charge in [0.05, 0.1) is 9.79 Å². The van der Waals surface area contributed by atoms with E-state index in [2.05, 4.69) is 4.72 Å². The van der Waals surface area contributed by atoms with Gasteiger partial charge in [0, 0.05) is 6.04 Å². The van der Waals surface area contributed by atoms with Gasteiger partial charge in [0.2, 0.25) is 20.0 Å². The van der Waals surface area contributed by atoms with Crippen molar-refractivity contribution < 1.29 is 16.8 Å². The van der Waals surface area contributed by atoms with Gasteiger partial charge in [-0.05, 0) is 62.1 Å². The minimum Gasteiger partial charge on any atom is -0.225 e. The van der Waals surface area contributed by atoms with Crippen molar-refractivity contribution in [3.05, 3.63) is 24.3 Å². The predicted molar refractivity (Wildman–Crippen MR) is 86.5 cm³/mol. The molecule has 6 nitrogen and oxygen atoms in total. The fourth-order valence-corrected chi connectivity index (χ4v) is 6.10. The summed E-state index contributed by atoms with van der Waals surface area (Å²) in [4.78, 5) is -0.271. The smallest absolute Gasteiger partial charge is 0.225 e. The maximum atomic E-state index is 12.5. The van der Waals surface area contributed by atoms with Crippen molar-refractivity contribution in [3.8, 4) is 0 Å². The summed E-state index contributed by atoms with van der Waals surface area (Å²) < 4.78 is 50.6. The van der Waals surface area contributed by atoms with Crippen LogP contribution in [0.15, 0.2) is 34.1 Å². The van der Waals surface area contributed by atoms with Crippen molar-refractivity contribution in [2.24, 2.45) is 22.9 Å². The molecule has 0 aromatic heterocycles. The molecule has 1 aromatic carbocycles. The molecule has 0 aliphatic heterocycles. The van der Waals surface area contributed by atoms with Gasteiger partial charge in [0.15, 0.2) is 0 Å². The summed E-state index contributed by atoms with van der Waals surface area (Å²) in [7, 11) is -7.70. The molecular formula is C15H22N2O4S2. The van der Waals surface area contributed by atoms with E-state index >= 15 is 0 Å². The van der Waals surface area contributed by atoms with E-state index in [1.807, 2.05) is 6.92 Å². The molecule has 0 saturated heterocycles. The molecule has 2 fully saturated rings. The number of sulfonamides is 2. The highest BCUT2D eigenvalue weighted by Crippen LogP contribution is 2.49. The topological polar surface area (TPSA) is 106 Å². The van der Waals surface area contributed by atoms with Crippen LogP contribution in [0, 0.1) is 17.8 Å². The fourth-order valence-electron chi connectivity index (χ4n) is 4.12. The average Bonchev–Trinajstić information content (AvgIpc) is 3.09. The molecule has 4 atom stereocenters. The third-order valence-corrected chi connectivity index (χ3v) is 7.69. The fraction of sp³-hybridized carbons (Fsp3) is 0.600. The molecule has 2 aliphatic rings. The zero-order valence-electron chi connectivity index (χ0n) is 13.0. The summed E-state index contributed by atoms with van der Waals surface area (Å²) in [5.41, 5.74) is 0. The van der Waals surface area contributed by atoms with Gasteiger partial charge in [-0.1, -0.05) is 12.5 Å². The van der Waals surface area contributed by atoms with Gasteiger partial charge in [-0.15, -0.1) is 0 Å². The molecule has 2 aliphatic carbocycles. The standard InChI is InChI=1S/C15H22N2O4S2/c1-10(15-8-11-5-6-12(15)7-11)17-23(20,21)14-4-2-3-13(9-14)22(16,18)19/h2-4,9-12,15,17H,5-8H2,1H3,(H2,16,18,19). The number of hydrogen-bond donors (Lipinski definition) is 2. The van der Waals surface area contributed by atoms with Crippen LogP contribution in [-0.2, 0) is 20.0 Å². The Morgan fingerprint density at radius 2 is 1.83 bits per heavy atom. The lowest BCUT2D eigenvalue weighted by Gasteiger charge is -2.28. The number of nitrogens with one attached hydrogen (secondary N) is 1. The Hall–Kier alpha value is -0.960. The van der Waals surface area contributed by atoms with Gasteiger partial charge in [0.1, 0.15) is 0 Å². The number of primary sulfonamides is 1. The van der Waals surface area contributed by atoms with Gasteiger partial charge in [-0.3, -0.25) is 0 Å². The van der Waals surface area contributed by atoms with E-state index < -0.39 is 20.0 Å². The lowest BCUT2D eigenvalue weighted by atomic mass is 9.84. The quantitative estimate of drug-likeness (QED) is 0.830. The highest BCUT2D eigenvalue weighted by molar-refractivity contribution is 7.90. The molecule has 2 saturated carbocycles. The summed E-state index contributed by atoms with van der Waals surface area (Å²) in [6.45, 7) is 1.90. The van der Waals surface area contributed by atoms with Gasteiger partial charge in [-0.2, -0.15) is 0 Å². The first-order chi connectivity index (χ1) is 10.7. The number of fused-ring (bicyclic) bond motifs is 2. The van der Waals surface area contributed by atoms with Crippen LogP contribution in [0.1, 0.15) is 32.6 Å². The molecule has 0 heterocycles. The Morgan fingerprint density at radius 1 is 1.13 bits per heavy atom. The Kier molecular flexibility index (Phi) is 4.29. The van der Waals surface area contributed by atoms with Gasteiger partial charge < -0.3 is 0 Å². The number of nitrogens with two attached hydrogens (primary N) is 1. The number of rotatable bonds is 5. The van der Waals surface area contributed by atoms with Crippen molar-refractivity contribution in [2.75, 3.05) is 0 Å². The largest absolute Gasteiger partial charge is 0.240 e. The normalized spacial score (nSPS) is 28.9. The molecule has 0 amide bonds. The zero-order chi connectivity index (χ0) is 16.8. The Labute approximate surface area is 137 Å². The summed E-state index contributed by atoms with van der Waals surface area (Å²) in [5.74, 6) is 1.71. The molecule has 2 bridgehead atoms. The lowest BCUT2D eigenvalue weighted by Crippen LogP contribution is -2.40. The minimum absolute atomic E-state index is 0.0703. The molecule has 128 valence electrons. The van der Waals surface area contributed by atoms with E-state index in [-0.39, 0.29) is 15.8 Å². The molecule has 0 spiro atoms. The van der Waals surface area contributed by atoms with E-state index in [0.29, 0.717) is 11.8 Å². The van der Waals surface area contributed by atoms with E-state index in [1.165, 1.54) is 37.5 Å². The number of hydrogen-bond acceptors (Lipinski definition) is 4. The number of benzene rings is 1. The molecule has 8 heteroatoms. The van der Waals surface area contributed by atoms with E-state index in [9.17, 15) is 16.8 Å². The molecule has 4 unspecified atom stereocenters. The SMILES string of the molecule is CC(NS(=O)(=O)c1cccc(S(N)(=O)=O)c1)C1CC2CCC1C2. The molecule has 0 radical (unpaired) electrons. The van der Waals surface area contributed by atoms with Crippen LogP contribution in [0.25, 0.3) is 0 Å². The summed E-state index contributed by atoms with van der Waals surface area (Å²) in [5, 5.41) is 5.07. The molecule has 1 aromatic rings. The van der Waals surface area contributed by atoms with Crippen LogP contribution in [0.5, 0.6) is 0 Å². The summed E-state index contributed by atoms with van der Waals surface area (Å²) in [6, 6.07) is 4.99. The second kappa shape index (κ2) is 5.84. The van der Waals surface area contributed by atoms with Crippen LogP contribution in [0.3, 0.4) is 0 Å². The van der Waals surface area contributed by atoms with Crippen molar-refractivity contribution in [2.45, 2.75) is 48.4 Å². The van der Waals surface area contributed by atoms with Crippen molar-refractivity contribution in [1.29, 1.82) is 0 Å². The first kappa shape index (κ1) is 16.9. The van der Waals surface area contributed by atoms with Crippen LogP contribution < -0.4 is 9.86 Å². The summed E-state index contributed by atoms with van der Waals surface area (Å²) in [6.07, 6.45) is 4.72. The maximum absolute atomic E-state index is 12.5. The minimum atomic E-state index is -3.93. The summed E-state index contributed by atoms with van der Waals surface area (Å²) >= 11 is 0. The van der Waals surface area contributed by atoms with Gasteiger partial charge in [0.25, 0.3) is 0 Å². The maximum Gasteiger partial charge on any atom is 0.240 e. The van der Waals surface area contributed by atoms with Crippen LogP contribution in [0.4, 0.5) is 0 Å². The third kappa shape index (κ3) is 3.45. The first-order valence-corrected chi connectivity index (χ1v) is 10.8. The van der Waals surface area contributed by atoms with Gasteiger partial charge >= 0.3 is 0 Å². The first-order valence-electron chi connectivity index (χ1n) is 7.82. The lowest BCUT2D eigenvalue weighted by molar-refractivity contribution is 0.280. The predicted octanol–water partition coefficient (Wildman–Crippen LogP) is 1.44. The Balaban J connectivity index is 1.79. The van der Waals surface area contributed by atoms with Crippen molar-refractivity contribution in [3.63, 3.8) is 0 Å². The van der Waals surface area contributed by atoms with E-state index in [1.54, 1.807) is 0 Å².